The van der Waals surface area contributed by atoms with E-state index in [2.05, 4.69) is 12.1 Å². The summed E-state index contributed by atoms with van der Waals surface area (Å²) in [5.41, 5.74) is 2.91. The largest absolute Gasteiger partial charge is 0.287 e. The van der Waals surface area contributed by atoms with Crippen LogP contribution in [0.5, 0.6) is 0 Å². The number of fused-ring (bicyclic) bond motifs is 1. The Bertz CT molecular complexity index is 772. The van der Waals surface area contributed by atoms with Gasteiger partial charge >= 0.3 is 0 Å². The molecule has 2 heteroatoms. The van der Waals surface area contributed by atoms with Crippen molar-refractivity contribution >= 4 is 16.7 Å². The first-order valence-corrected chi connectivity index (χ1v) is 6.72. The summed E-state index contributed by atoms with van der Waals surface area (Å²) in [5, 5.41) is 1.15. The van der Waals surface area contributed by atoms with Gasteiger partial charge in [0.2, 0.25) is 17.8 Å². The van der Waals surface area contributed by atoms with Crippen LogP contribution in [0.3, 0.4) is 0 Å². The number of pyridine rings is 1. The van der Waals surface area contributed by atoms with Crippen molar-refractivity contribution in [2.45, 2.75) is 13.5 Å². The number of para-hydroxylation sites is 1. The minimum absolute atomic E-state index is 0.143. The molecule has 0 atom stereocenters. The zero-order valence-electron chi connectivity index (χ0n) is 11.4. The Hall–Kier alpha value is -2.48. The molecule has 3 rings (SSSR count). The monoisotopic (exact) mass is 262 g/mol. The van der Waals surface area contributed by atoms with E-state index < -0.39 is 0 Å². The first-order valence-electron chi connectivity index (χ1n) is 6.72. The molecular weight excluding hydrogens is 246 g/mol. The van der Waals surface area contributed by atoms with Crippen LogP contribution in [0, 0.1) is 6.92 Å². The number of carbonyl (C=O) groups is 1. The second kappa shape index (κ2) is 5.25. The number of aryl methyl sites for hydroxylation is 1. The minimum Gasteiger partial charge on any atom is -0.287 e. The molecule has 0 N–H and O–H groups in total. The Morgan fingerprint density at radius 1 is 0.950 bits per heavy atom. The maximum absolute atomic E-state index is 12.5. The van der Waals surface area contributed by atoms with Gasteiger partial charge in [0.1, 0.15) is 0 Å². The highest BCUT2D eigenvalue weighted by Crippen LogP contribution is 2.10. The third kappa shape index (κ3) is 2.32. The standard InChI is InChI=1S/C18H16NO/c1-14-7-2-4-10-16(14)18(20)13-19-12-6-9-15-8-3-5-11-17(15)19/h2-12H,13H2,1H3/q+1. The van der Waals surface area contributed by atoms with Gasteiger partial charge in [0.25, 0.3) is 0 Å². The quantitative estimate of drug-likeness (QED) is 0.524. The Kier molecular flexibility index (Phi) is 3.30. The lowest BCUT2D eigenvalue weighted by atomic mass is 10.0. The molecule has 2 aromatic carbocycles. The molecule has 0 aliphatic carbocycles. The second-order valence-corrected chi connectivity index (χ2v) is 4.93. The fourth-order valence-electron chi connectivity index (χ4n) is 2.48. The Balaban J connectivity index is 1.98. The predicted octanol–water partition coefficient (Wildman–Crippen LogP) is 3.32. The van der Waals surface area contributed by atoms with Crippen LogP contribution >= 0.6 is 0 Å². The molecule has 0 fully saturated rings. The summed E-state index contributed by atoms with van der Waals surface area (Å²) in [5.74, 6) is 0.143. The molecule has 0 saturated carbocycles. The number of hydrogen-bond acceptors (Lipinski definition) is 1. The van der Waals surface area contributed by atoms with Gasteiger partial charge in [-0.15, -0.1) is 0 Å². The fourth-order valence-corrected chi connectivity index (χ4v) is 2.48. The van der Waals surface area contributed by atoms with Crippen LogP contribution in [0.2, 0.25) is 0 Å². The predicted molar refractivity (Wildman–Crippen MR) is 79.7 cm³/mol. The van der Waals surface area contributed by atoms with Crippen LogP contribution < -0.4 is 4.57 Å². The van der Waals surface area contributed by atoms with E-state index >= 15 is 0 Å². The maximum Gasteiger partial charge on any atom is 0.227 e. The van der Waals surface area contributed by atoms with Gasteiger partial charge in [-0.1, -0.05) is 36.4 Å². The van der Waals surface area contributed by atoms with Crippen LogP contribution in [0.15, 0.2) is 66.9 Å². The van der Waals surface area contributed by atoms with Gasteiger partial charge in [0.05, 0.1) is 0 Å². The van der Waals surface area contributed by atoms with Gasteiger partial charge < -0.3 is 0 Å². The molecular formula is C18H16NO+. The number of benzene rings is 2. The molecule has 0 spiro atoms. The molecule has 0 unspecified atom stereocenters. The molecule has 0 aliphatic rings. The van der Waals surface area contributed by atoms with Crippen molar-refractivity contribution in [3.05, 3.63) is 78.0 Å². The summed E-state index contributed by atoms with van der Waals surface area (Å²) in [7, 11) is 0. The molecule has 98 valence electrons. The summed E-state index contributed by atoms with van der Waals surface area (Å²) in [6.45, 7) is 2.34. The van der Waals surface area contributed by atoms with E-state index in [0.717, 1.165) is 22.0 Å². The number of carbonyl (C=O) groups excluding carboxylic acids is 1. The molecule has 2 nitrogen and oxygen atoms in total. The summed E-state index contributed by atoms with van der Waals surface area (Å²) in [4.78, 5) is 12.5. The van der Waals surface area contributed by atoms with Crippen molar-refractivity contribution in [1.29, 1.82) is 0 Å². The highest BCUT2D eigenvalue weighted by Gasteiger charge is 2.16. The number of aromatic nitrogens is 1. The SMILES string of the molecule is Cc1ccccc1C(=O)C[n+]1cccc2ccccc21. The topological polar surface area (TPSA) is 20.9 Å². The molecule has 0 saturated heterocycles. The highest BCUT2D eigenvalue weighted by atomic mass is 16.1. The summed E-state index contributed by atoms with van der Waals surface area (Å²) in [6.07, 6.45) is 1.96. The Morgan fingerprint density at radius 3 is 2.50 bits per heavy atom. The zero-order chi connectivity index (χ0) is 13.9. The van der Waals surface area contributed by atoms with Crippen LogP contribution in [0.4, 0.5) is 0 Å². The van der Waals surface area contributed by atoms with Gasteiger partial charge in [-0.2, -0.15) is 4.57 Å². The highest BCUT2D eigenvalue weighted by molar-refractivity contribution is 5.96. The van der Waals surface area contributed by atoms with E-state index in [1.54, 1.807) is 0 Å². The lowest BCUT2D eigenvalue weighted by Gasteiger charge is -2.03. The molecule has 0 bridgehead atoms. The second-order valence-electron chi connectivity index (χ2n) is 4.93. The first kappa shape index (κ1) is 12.5. The van der Waals surface area contributed by atoms with E-state index in [1.807, 2.05) is 66.2 Å². The van der Waals surface area contributed by atoms with Gasteiger partial charge in [0.15, 0.2) is 6.20 Å². The first-order chi connectivity index (χ1) is 9.75. The van der Waals surface area contributed by atoms with Crippen molar-refractivity contribution in [2.75, 3.05) is 0 Å². The molecule has 20 heavy (non-hydrogen) atoms. The fraction of sp³-hybridized carbons (Fsp3) is 0.111. The van der Waals surface area contributed by atoms with Crippen molar-refractivity contribution in [1.82, 2.24) is 0 Å². The molecule has 0 radical (unpaired) electrons. The van der Waals surface area contributed by atoms with Crippen LogP contribution in [-0.2, 0) is 6.54 Å². The number of Topliss-reactive ketones (excluding diaryl/α,β-unsaturated/α-hetero) is 1. The molecule has 0 aliphatic heterocycles. The van der Waals surface area contributed by atoms with Gasteiger partial charge in [-0.05, 0) is 24.6 Å². The summed E-state index contributed by atoms with van der Waals surface area (Å²) in [6, 6.07) is 19.9. The molecule has 0 amide bonds. The number of ketones is 1. The average Bonchev–Trinajstić information content (AvgIpc) is 2.48. The summed E-state index contributed by atoms with van der Waals surface area (Å²) < 4.78 is 2.00. The third-order valence-corrected chi connectivity index (χ3v) is 3.55. The molecule has 1 aromatic heterocycles. The van der Waals surface area contributed by atoms with Crippen LogP contribution in [0.25, 0.3) is 10.9 Å². The molecule has 1 heterocycles. The van der Waals surface area contributed by atoms with Crippen molar-refractivity contribution in [3.8, 4) is 0 Å². The van der Waals surface area contributed by atoms with Gasteiger partial charge in [-0.3, -0.25) is 4.79 Å². The van der Waals surface area contributed by atoms with Crippen molar-refractivity contribution in [2.24, 2.45) is 0 Å². The minimum atomic E-state index is 0.143. The van der Waals surface area contributed by atoms with Crippen LogP contribution in [-0.4, -0.2) is 5.78 Å². The third-order valence-electron chi connectivity index (χ3n) is 3.55. The van der Waals surface area contributed by atoms with Crippen molar-refractivity contribution in [3.63, 3.8) is 0 Å². The van der Waals surface area contributed by atoms with Gasteiger partial charge in [-0.25, -0.2) is 0 Å². The van der Waals surface area contributed by atoms with E-state index in [1.165, 1.54) is 0 Å². The Labute approximate surface area is 118 Å². The van der Waals surface area contributed by atoms with Gasteiger partial charge in [0, 0.05) is 23.1 Å². The van der Waals surface area contributed by atoms with E-state index in [4.69, 9.17) is 0 Å². The zero-order valence-corrected chi connectivity index (χ0v) is 11.4. The number of nitrogens with zero attached hydrogens (tertiary/aromatic N) is 1. The summed E-state index contributed by atoms with van der Waals surface area (Å²) >= 11 is 0. The lowest BCUT2D eigenvalue weighted by Crippen LogP contribution is -2.38. The molecule has 3 aromatic rings. The number of hydrogen-bond donors (Lipinski definition) is 0. The average molecular weight is 262 g/mol. The smallest absolute Gasteiger partial charge is 0.227 e. The van der Waals surface area contributed by atoms with Crippen LogP contribution in [0.1, 0.15) is 15.9 Å². The normalized spacial score (nSPS) is 10.7. The van der Waals surface area contributed by atoms with E-state index in [9.17, 15) is 4.79 Å². The van der Waals surface area contributed by atoms with E-state index in [0.29, 0.717) is 6.54 Å². The lowest BCUT2D eigenvalue weighted by molar-refractivity contribution is -0.657. The number of rotatable bonds is 3. The van der Waals surface area contributed by atoms with E-state index in [-0.39, 0.29) is 5.78 Å². The van der Waals surface area contributed by atoms with Crippen molar-refractivity contribution < 1.29 is 9.36 Å². The Morgan fingerprint density at radius 2 is 1.65 bits per heavy atom. The maximum atomic E-state index is 12.5.